The SMILES string of the molecule is Cc1cccc(-n2c(-c3ccc(-c4ccc(-c5ccc(-c6nc7nc8ccccc8nc7n6-c6cccc(C)n6)cc5)cc4)cc3)nc3nc4ccccc4nc32)c1. The summed E-state index contributed by atoms with van der Waals surface area (Å²) in [5.41, 5.74) is 15.4. The van der Waals surface area contributed by atoms with Crippen molar-refractivity contribution in [1.29, 1.82) is 0 Å². The summed E-state index contributed by atoms with van der Waals surface area (Å²) in [5, 5.41) is 0. The number of nitrogens with zero attached hydrogens (tertiary/aromatic N) is 9. The highest BCUT2D eigenvalue weighted by atomic mass is 15.2. The molecule has 0 aliphatic carbocycles. The van der Waals surface area contributed by atoms with Crippen molar-refractivity contribution >= 4 is 44.7 Å². The van der Waals surface area contributed by atoms with Gasteiger partial charge in [0, 0.05) is 22.5 Å². The molecule has 9 heteroatoms. The molecule has 0 fully saturated rings. The number of benzene rings is 6. The Morgan fingerprint density at radius 2 is 0.776 bits per heavy atom. The molecule has 11 aromatic rings. The molecule has 0 aliphatic heterocycles. The molecule has 5 aromatic heterocycles. The first-order valence-electron chi connectivity index (χ1n) is 19.2. The summed E-state index contributed by atoms with van der Waals surface area (Å²) in [6.45, 7) is 4.08. The lowest BCUT2D eigenvalue weighted by atomic mass is 9.99. The molecular formula is C49H33N9. The van der Waals surface area contributed by atoms with Gasteiger partial charge in [-0.2, -0.15) is 0 Å². The third kappa shape index (κ3) is 5.76. The predicted molar refractivity (Wildman–Crippen MR) is 231 cm³/mol. The van der Waals surface area contributed by atoms with Gasteiger partial charge in [-0.1, -0.05) is 115 Å². The summed E-state index contributed by atoms with van der Waals surface area (Å²) < 4.78 is 4.12. The molecule has 6 aromatic carbocycles. The van der Waals surface area contributed by atoms with Gasteiger partial charge in [0.1, 0.15) is 17.5 Å². The Labute approximate surface area is 333 Å². The van der Waals surface area contributed by atoms with E-state index in [-0.39, 0.29) is 0 Å². The number of aromatic nitrogens is 9. The number of imidazole rings is 2. The van der Waals surface area contributed by atoms with E-state index in [1.807, 2.05) is 78.2 Å². The monoisotopic (exact) mass is 747 g/mol. The third-order valence-electron chi connectivity index (χ3n) is 10.5. The van der Waals surface area contributed by atoms with Crippen LogP contribution in [0.2, 0.25) is 0 Å². The standard InChI is InChI=1S/C49H33N9/c1-30-9-7-11-38(29-30)57-46(55-44-48(57)53-41-14-5-3-12-39(41)51-44)36-25-21-34(22-26-36)32-17-19-33(20-18-32)35-23-27-37(28-24-35)47-56-45-49(54-42-15-6-4-13-40(42)52-45)58(47)43-16-8-10-31(2)50-43/h3-29H,1-2H3. The summed E-state index contributed by atoms with van der Waals surface area (Å²) in [7, 11) is 0. The zero-order valence-electron chi connectivity index (χ0n) is 31.6. The zero-order valence-corrected chi connectivity index (χ0v) is 31.6. The Hall–Kier alpha value is -7.91. The lowest BCUT2D eigenvalue weighted by Crippen LogP contribution is -2.02. The van der Waals surface area contributed by atoms with Crippen molar-refractivity contribution in [3.63, 3.8) is 0 Å². The number of hydrogen-bond acceptors (Lipinski definition) is 7. The van der Waals surface area contributed by atoms with Crippen LogP contribution in [-0.4, -0.2) is 44.0 Å². The molecule has 0 spiro atoms. The van der Waals surface area contributed by atoms with Gasteiger partial charge in [-0.3, -0.25) is 9.13 Å². The average molecular weight is 748 g/mol. The van der Waals surface area contributed by atoms with Gasteiger partial charge in [0.25, 0.3) is 0 Å². The molecule has 0 atom stereocenters. The van der Waals surface area contributed by atoms with Crippen molar-refractivity contribution in [1.82, 2.24) is 44.0 Å². The van der Waals surface area contributed by atoms with E-state index in [1.54, 1.807) is 0 Å². The smallest absolute Gasteiger partial charge is 0.199 e. The summed E-state index contributed by atoms with van der Waals surface area (Å²) in [4.78, 5) is 34.6. The Kier molecular flexibility index (Phi) is 7.72. The summed E-state index contributed by atoms with van der Waals surface area (Å²) in [5.74, 6) is 2.29. The van der Waals surface area contributed by atoms with Crippen LogP contribution in [0.3, 0.4) is 0 Å². The minimum Gasteiger partial charge on any atom is -0.275 e. The van der Waals surface area contributed by atoms with Crippen LogP contribution in [0.15, 0.2) is 164 Å². The minimum absolute atomic E-state index is 0.581. The predicted octanol–water partition coefficient (Wildman–Crippen LogP) is 10.9. The van der Waals surface area contributed by atoms with Crippen LogP contribution >= 0.6 is 0 Å². The van der Waals surface area contributed by atoms with Crippen molar-refractivity contribution in [3.8, 4) is 56.5 Å². The van der Waals surface area contributed by atoms with Gasteiger partial charge in [0.05, 0.1) is 22.1 Å². The highest BCUT2D eigenvalue weighted by Crippen LogP contribution is 2.33. The summed E-state index contributed by atoms with van der Waals surface area (Å²) in [6, 6.07) is 55.9. The topological polar surface area (TPSA) is 100 Å². The number of fused-ring (bicyclic) bond motifs is 4. The number of para-hydroxylation sites is 4. The molecule has 9 nitrogen and oxygen atoms in total. The van der Waals surface area contributed by atoms with Crippen LogP contribution < -0.4 is 0 Å². The van der Waals surface area contributed by atoms with Crippen LogP contribution in [-0.2, 0) is 0 Å². The van der Waals surface area contributed by atoms with E-state index in [2.05, 4.69) is 109 Å². The fourth-order valence-corrected chi connectivity index (χ4v) is 7.66. The number of rotatable bonds is 6. The molecule has 0 N–H and O–H groups in total. The second kappa shape index (κ2) is 13.4. The summed E-state index contributed by atoms with van der Waals surface area (Å²) in [6.07, 6.45) is 0. The second-order valence-electron chi connectivity index (χ2n) is 14.5. The normalized spacial score (nSPS) is 11.6. The maximum atomic E-state index is 5.03. The van der Waals surface area contributed by atoms with Crippen molar-refractivity contribution in [2.75, 3.05) is 0 Å². The largest absolute Gasteiger partial charge is 0.275 e. The van der Waals surface area contributed by atoms with E-state index < -0.39 is 0 Å². The lowest BCUT2D eigenvalue weighted by Gasteiger charge is -2.11. The average Bonchev–Trinajstić information content (AvgIpc) is 3.83. The van der Waals surface area contributed by atoms with E-state index >= 15 is 0 Å². The van der Waals surface area contributed by atoms with E-state index in [0.29, 0.717) is 16.9 Å². The maximum Gasteiger partial charge on any atom is 0.199 e. The zero-order chi connectivity index (χ0) is 38.7. The van der Waals surface area contributed by atoms with Crippen LogP contribution in [0.1, 0.15) is 11.3 Å². The lowest BCUT2D eigenvalue weighted by molar-refractivity contribution is 0.997. The highest BCUT2D eigenvalue weighted by Gasteiger charge is 2.20. The third-order valence-corrected chi connectivity index (χ3v) is 10.5. The van der Waals surface area contributed by atoms with Gasteiger partial charge >= 0.3 is 0 Å². The molecule has 58 heavy (non-hydrogen) atoms. The molecular weight excluding hydrogens is 715 g/mol. The van der Waals surface area contributed by atoms with E-state index in [9.17, 15) is 0 Å². The molecule has 0 saturated carbocycles. The van der Waals surface area contributed by atoms with Gasteiger partial charge in [-0.25, -0.2) is 34.9 Å². The van der Waals surface area contributed by atoms with Crippen LogP contribution in [0.4, 0.5) is 0 Å². The molecule has 0 radical (unpaired) electrons. The van der Waals surface area contributed by atoms with Crippen molar-refractivity contribution in [2.45, 2.75) is 13.8 Å². The molecule has 5 heterocycles. The van der Waals surface area contributed by atoms with E-state index in [4.69, 9.17) is 34.9 Å². The first-order valence-corrected chi connectivity index (χ1v) is 19.2. The van der Waals surface area contributed by atoms with Crippen LogP contribution in [0.25, 0.3) is 101 Å². The van der Waals surface area contributed by atoms with Gasteiger partial charge < -0.3 is 0 Å². The van der Waals surface area contributed by atoms with Crippen LogP contribution in [0, 0.1) is 13.8 Å². The molecule has 0 aliphatic rings. The van der Waals surface area contributed by atoms with Crippen molar-refractivity contribution in [3.05, 3.63) is 175 Å². The van der Waals surface area contributed by atoms with Gasteiger partial charge in [0.2, 0.25) is 0 Å². The number of aryl methyl sites for hydroxylation is 2. The number of pyridine rings is 1. The Morgan fingerprint density at radius 3 is 1.26 bits per heavy atom. The van der Waals surface area contributed by atoms with Gasteiger partial charge in [-0.15, -0.1) is 0 Å². The van der Waals surface area contributed by atoms with E-state index in [0.717, 1.165) is 95.5 Å². The van der Waals surface area contributed by atoms with Gasteiger partial charge in [0.15, 0.2) is 22.6 Å². The van der Waals surface area contributed by atoms with Crippen molar-refractivity contribution < 1.29 is 0 Å². The first-order chi connectivity index (χ1) is 28.5. The molecule has 0 saturated heterocycles. The molecule has 274 valence electrons. The van der Waals surface area contributed by atoms with Gasteiger partial charge in [-0.05, 0) is 90.2 Å². The fourth-order valence-electron chi connectivity index (χ4n) is 7.66. The van der Waals surface area contributed by atoms with Crippen molar-refractivity contribution in [2.24, 2.45) is 0 Å². The Balaban J connectivity index is 0.905. The molecule has 0 unspecified atom stereocenters. The first kappa shape index (κ1) is 33.4. The summed E-state index contributed by atoms with van der Waals surface area (Å²) >= 11 is 0. The quantitative estimate of drug-likeness (QED) is 0.167. The molecule has 0 bridgehead atoms. The van der Waals surface area contributed by atoms with Crippen LogP contribution in [0.5, 0.6) is 0 Å². The Morgan fingerprint density at radius 1 is 0.345 bits per heavy atom. The van der Waals surface area contributed by atoms with E-state index in [1.165, 1.54) is 0 Å². The second-order valence-corrected chi connectivity index (χ2v) is 14.5. The molecule has 0 amide bonds. The fraction of sp³-hybridized carbons (Fsp3) is 0.0408. The molecule has 11 rings (SSSR count). The maximum absolute atomic E-state index is 5.03. The number of hydrogen-bond donors (Lipinski definition) is 0. The minimum atomic E-state index is 0.581. The Bertz CT molecular complexity index is 3120. The highest BCUT2D eigenvalue weighted by molar-refractivity contribution is 5.88.